The fourth-order valence-corrected chi connectivity index (χ4v) is 10.3. The number of benzene rings is 3. The highest BCUT2D eigenvalue weighted by atomic mass is 79.9. The van der Waals surface area contributed by atoms with Crippen molar-refractivity contribution in [3.8, 4) is 17.2 Å². The maximum absolute atomic E-state index is 15.0. The third-order valence-corrected chi connectivity index (χ3v) is 15.7. The molecule has 14 N–H and O–H groups in total. The first-order valence-corrected chi connectivity index (χ1v) is 29.3. The molecule has 1 unspecified atom stereocenters. The number of esters is 1. The molecule has 2 saturated heterocycles. The minimum Gasteiger partial charge on any atom is -0.508 e. The molecule has 2 bridgehead atoms. The summed E-state index contributed by atoms with van der Waals surface area (Å²) in [5.74, 6) is -12.1. The highest BCUT2D eigenvalue weighted by molar-refractivity contribution is 9.10. The van der Waals surface area contributed by atoms with Crippen LogP contribution in [0.2, 0.25) is 0 Å². The van der Waals surface area contributed by atoms with E-state index >= 15 is 0 Å². The van der Waals surface area contributed by atoms with Crippen LogP contribution < -0.4 is 37.2 Å². The van der Waals surface area contributed by atoms with Gasteiger partial charge in [0.2, 0.25) is 47.3 Å². The summed E-state index contributed by atoms with van der Waals surface area (Å²) in [5.41, 5.74) is 1.53. The van der Waals surface area contributed by atoms with Crippen molar-refractivity contribution >= 4 is 75.1 Å². The molecule has 28 heteroatoms. The van der Waals surface area contributed by atoms with E-state index in [-0.39, 0.29) is 53.8 Å². The maximum Gasteiger partial charge on any atom is 0.329 e. The lowest BCUT2D eigenvalue weighted by atomic mass is 9.96. The second-order valence-electron chi connectivity index (χ2n) is 22.6. The molecule has 5 rings (SSSR count). The molecular weight excluding hydrogens is 1200 g/mol. The maximum atomic E-state index is 15.0. The van der Waals surface area contributed by atoms with Gasteiger partial charge in [-0.05, 0) is 134 Å². The number of nitrogens with one attached hydrogen (secondary N) is 7. The van der Waals surface area contributed by atoms with Gasteiger partial charge in [-0.3, -0.25) is 43.2 Å². The fraction of sp³-hybridized carbons (Fsp3) is 0.525. The predicted octanol–water partition coefficient (Wildman–Crippen LogP) is -1.08. The van der Waals surface area contributed by atoms with Crippen LogP contribution in [0.25, 0.3) is 0 Å². The topological polar surface area (TPSA) is 412 Å². The van der Waals surface area contributed by atoms with Crippen LogP contribution >= 0.6 is 15.9 Å². The molecule has 476 valence electrons. The Kier molecular flexibility index (Phi) is 25.4. The Morgan fingerprint density at radius 2 is 1.32 bits per heavy atom. The number of halogens is 1. The van der Waals surface area contributed by atoms with Crippen LogP contribution in [0.1, 0.15) is 90.8 Å². The number of amides is 9. The zero-order valence-electron chi connectivity index (χ0n) is 49.6. The Balaban J connectivity index is 1.52. The van der Waals surface area contributed by atoms with E-state index in [0.717, 1.165) is 10.5 Å². The zero-order chi connectivity index (χ0) is 64.7. The van der Waals surface area contributed by atoms with Crippen molar-refractivity contribution in [3.63, 3.8) is 0 Å². The zero-order valence-corrected chi connectivity index (χ0v) is 51.1. The van der Waals surface area contributed by atoms with Crippen molar-refractivity contribution in [1.29, 1.82) is 0 Å². The van der Waals surface area contributed by atoms with E-state index in [9.17, 15) is 83.7 Å². The van der Waals surface area contributed by atoms with Gasteiger partial charge in [-0.1, -0.05) is 58.0 Å². The van der Waals surface area contributed by atoms with Gasteiger partial charge in [0.15, 0.2) is 6.10 Å². The molecule has 0 saturated carbocycles. The first kappa shape index (κ1) is 69.8. The molecule has 3 aromatic carbocycles. The van der Waals surface area contributed by atoms with Gasteiger partial charge >= 0.3 is 5.97 Å². The quantitative estimate of drug-likeness (QED) is 0.0598. The number of fused-ring (bicyclic) bond motifs is 2. The number of hydrogen-bond donors (Lipinski definition) is 14. The molecule has 0 spiro atoms. The van der Waals surface area contributed by atoms with Crippen LogP contribution in [0.15, 0.2) is 71.2 Å². The largest absolute Gasteiger partial charge is 0.508 e. The summed E-state index contributed by atoms with van der Waals surface area (Å²) in [7, 11) is 1.21. The van der Waals surface area contributed by atoms with E-state index in [2.05, 4.69) is 53.1 Å². The summed E-state index contributed by atoms with van der Waals surface area (Å²) in [5, 5.41) is 89.9. The van der Waals surface area contributed by atoms with Crippen molar-refractivity contribution < 1.29 is 88.4 Å². The highest BCUT2D eigenvalue weighted by Gasteiger charge is 2.47. The van der Waals surface area contributed by atoms with Gasteiger partial charge in [-0.2, -0.15) is 0 Å². The van der Waals surface area contributed by atoms with Crippen molar-refractivity contribution in [1.82, 2.24) is 47.0 Å². The van der Waals surface area contributed by atoms with Crippen LogP contribution in [0.4, 0.5) is 0 Å². The minimum absolute atomic E-state index is 0.0139. The summed E-state index contributed by atoms with van der Waals surface area (Å²) in [6.07, 6.45) is -7.36. The Morgan fingerprint density at radius 1 is 0.713 bits per heavy atom. The number of aromatic hydroxyl groups is 3. The third kappa shape index (κ3) is 19.0. The van der Waals surface area contributed by atoms with Crippen molar-refractivity contribution in [2.24, 2.45) is 11.8 Å². The van der Waals surface area contributed by atoms with Crippen LogP contribution in [0, 0.1) is 11.8 Å². The Bertz CT molecular complexity index is 2950. The number of likely N-dealkylation sites (N-methyl/N-ethyl adjacent to an activating group) is 1. The normalized spacial score (nSPS) is 23.5. The van der Waals surface area contributed by atoms with Crippen LogP contribution in [-0.4, -0.2) is 197 Å². The number of aliphatic hydroxyl groups is 4. The second kappa shape index (κ2) is 31.6. The number of carbonyl (C=O) groups is 10. The van der Waals surface area contributed by atoms with Gasteiger partial charge in [0.05, 0.1) is 17.2 Å². The molecule has 2 aliphatic heterocycles. The third-order valence-electron chi connectivity index (χ3n) is 15.1. The minimum atomic E-state index is -1.93. The number of carbonyl (C=O) groups excluding carboxylic acids is 10. The number of nitrogens with zero attached hydrogens (tertiary/aromatic N) is 2. The van der Waals surface area contributed by atoms with Gasteiger partial charge in [-0.15, -0.1) is 0 Å². The average Bonchev–Trinajstić information content (AvgIpc) is 1.35. The van der Waals surface area contributed by atoms with Gasteiger partial charge in [0.25, 0.3) is 5.91 Å². The molecule has 87 heavy (non-hydrogen) atoms. The fourth-order valence-electron chi connectivity index (χ4n) is 9.89. The van der Waals surface area contributed by atoms with Crippen molar-refractivity contribution in [3.05, 3.63) is 87.9 Å². The molecule has 27 nitrogen and oxygen atoms in total. The smallest absolute Gasteiger partial charge is 0.329 e. The monoisotopic (exact) mass is 1280 g/mol. The molecule has 9 amide bonds. The van der Waals surface area contributed by atoms with E-state index in [0.29, 0.717) is 28.9 Å². The molecule has 0 radical (unpaired) electrons. The van der Waals surface area contributed by atoms with Crippen molar-refractivity contribution in [2.75, 3.05) is 13.7 Å². The molecule has 13 atom stereocenters. The standard InChI is InChI=1S/C59H80BrN9O18/c1-28(2)46(65-50(77)30(5)61-51(78)39(62-54(81)44(75)27-70)11-9-10-33-12-17-36(72)18-13-33)55(82)67-48-32(7)87-59(86)47(29(3)4)66-53(80)42(26-35-16-22-43(74)38(60)24-35)68(8)58(85)49(31(6)71)69-45(76)23-21-40(57(69)84)63-52(79)41(64-56(48)83)25-34-14-19-37(73)20-15-34/h12-20,22,24,28-32,39-42,44-49,70-76H,9-11,21,23,25-27H2,1-8H3,(H,61,78)(H,62,81)(H,63,79)(H,64,83)(H,65,77)(H,66,80)(H,67,82)/t30-,31-,32+,39-,40-,41?,42-,44+,45+,46-,47-,48-,49-/m0/s1. The van der Waals surface area contributed by atoms with Crippen LogP contribution in [-0.2, 0) is 71.9 Å². The van der Waals surface area contributed by atoms with Crippen LogP contribution in [0.5, 0.6) is 17.2 Å². The number of hydrogen-bond acceptors (Lipinski definition) is 18. The summed E-state index contributed by atoms with van der Waals surface area (Å²) in [6, 6.07) is 1.72. The Hall–Kier alpha value is -7.92. The predicted molar refractivity (Wildman–Crippen MR) is 314 cm³/mol. The first-order chi connectivity index (χ1) is 40.9. The summed E-state index contributed by atoms with van der Waals surface area (Å²) >= 11 is 3.25. The number of cyclic esters (lactones) is 1. The lowest BCUT2D eigenvalue weighted by molar-refractivity contribution is -0.170. The number of aliphatic hydroxyl groups excluding tert-OH is 4. The van der Waals surface area contributed by atoms with E-state index < -0.39 is 156 Å². The molecular formula is C59H80BrN9O18. The van der Waals surface area contributed by atoms with Gasteiger partial charge in [0, 0.05) is 19.9 Å². The summed E-state index contributed by atoms with van der Waals surface area (Å²) in [4.78, 5) is 145. The number of phenolic OH excluding ortho intramolecular Hbond substituents is 3. The SMILES string of the molecule is CC(C)[C@H](NC(=O)[C@H](C)NC(=O)[C@H](CCCc1ccc(O)cc1)NC(=O)[C@H](O)CO)C(=O)N[C@@H]1C(=O)NC(Cc2ccc(O)cc2)C(=O)N[C@H]2CC[C@@H](O)N(C2=O)[C@@H]([C@H](C)O)C(=O)N(C)[C@@H](Cc2ccc(O)c(Br)c2)C(=O)N[C@@H](C(C)C)C(=O)O[C@@H]1C. The molecule has 2 aliphatic rings. The van der Waals surface area contributed by atoms with Gasteiger partial charge in [0.1, 0.15) is 84.0 Å². The molecule has 0 aliphatic carbocycles. The van der Waals surface area contributed by atoms with Gasteiger partial charge < -0.3 is 87.5 Å². The number of piperidine rings is 1. The summed E-state index contributed by atoms with van der Waals surface area (Å²) < 4.78 is 6.15. The first-order valence-electron chi connectivity index (χ1n) is 28.5. The average molecular weight is 1280 g/mol. The van der Waals surface area contributed by atoms with Crippen molar-refractivity contribution in [2.45, 2.75) is 172 Å². The van der Waals surface area contributed by atoms with Crippen LogP contribution in [0.3, 0.4) is 0 Å². The molecule has 0 aromatic heterocycles. The number of rotatable bonds is 20. The Labute approximate surface area is 511 Å². The highest BCUT2D eigenvalue weighted by Crippen LogP contribution is 2.28. The van der Waals surface area contributed by atoms with E-state index in [1.54, 1.807) is 26.0 Å². The van der Waals surface area contributed by atoms with E-state index in [1.807, 2.05) is 0 Å². The molecule has 3 aromatic rings. The molecule has 2 fully saturated rings. The molecule has 2 heterocycles. The number of ether oxygens (including phenoxy) is 1. The number of phenols is 3. The Morgan fingerprint density at radius 3 is 1.90 bits per heavy atom. The lowest BCUT2D eigenvalue weighted by Gasteiger charge is -2.43. The van der Waals surface area contributed by atoms with E-state index in [1.165, 1.54) is 96.3 Å². The summed E-state index contributed by atoms with van der Waals surface area (Å²) in [6.45, 7) is 8.92. The lowest BCUT2D eigenvalue weighted by Crippen LogP contribution is -2.67. The number of aryl methyl sites for hydroxylation is 1. The second-order valence-corrected chi connectivity index (χ2v) is 23.4. The van der Waals surface area contributed by atoms with E-state index in [4.69, 9.17) is 4.74 Å². The van der Waals surface area contributed by atoms with Gasteiger partial charge in [-0.25, -0.2) is 4.79 Å².